The number of sulfonamides is 1. The molecule has 0 bridgehead atoms. The van der Waals surface area contributed by atoms with Crippen LogP contribution in [-0.4, -0.2) is 24.5 Å². The average Bonchev–Trinajstić information content (AvgIpc) is 3.26. The summed E-state index contributed by atoms with van der Waals surface area (Å²) in [5.41, 5.74) is 4.34. The molecule has 0 saturated carbocycles. The Hall–Kier alpha value is -3.27. The van der Waals surface area contributed by atoms with E-state index in [2.05, 4.69) is 20.2 Å². The number of anilines is 2. The Morgan fingerprint density at radius 2 is 1.71 bits per heavy atom. The highest BCUT2D eigenvalue weighted by molar-refractivity contribution is 7.92. The summed E-state index contributed by atoms with van der Waals surface area (Å²) < 4.78 is 28.7. The molecule has 0 aliphatic rings. The van der Waals surface area contributed by atoms with Gasteiger partial charge in [-0.15, -0.1) is 10.2 Å². The van der Waals surface area contributed by atoms with Crippen molar-refractivity contribution in [3.8, 4) is 10.6 Å². The van der Waals surface area contributed by atoms with Crippen molar-refractivity contribution in [2.75, 3.05) is 10.0 Å². The van der Waals surface area contributed by atoms with Gasteiger partial charge in [0.2, 0.25) is 5.13 Å². The fourth-order valence-corrected chi connectivity index (χ4v) is 5.56. The van der Waals surface area contributed by atoms with E-state index >= 15 is 0 Å². The van der Waals surface area contributed by atoms with Crippen molar-refractivity contribution < 1.29 is 13.2 Å². The lowest BCUT2D eigenvalue weighted by Gasteiger charge is -2.13. The second kappa shape index (κ2) is 9.54. The van der Waals surface area contributed by atoms with Crippen LogP contribution in [0, 0.1) is 20.8 Å². The number of hydrogen-bond acceptors (Lipinski definition) is 6. The fourth-order valence-electron chi connectivity index (χ4n) is 3.17. The van der Waals surface area contributed by atoms with Crippen molar-refractivity contribution in [1.29, 1.82) is 0 Å². The van der Waals surface area contributed by atoms with Crippen LogP contribution in [0.25, 0.3) is 10.6 Å². The van der Waals surface area contributed by atoms with Crippen molar-refractivity contribution in [3.05, 3.63) is 87.9 Å². The van der Waals surface area contributed by atoms with Crippen LogP contribution in [0.3, 0.4) is 0 Å². The van der Waals surface area contributed by atoms with Crippen LogP contribution in [0.1, 0.15) is 27.0 Å². The van der Waals surface area contributed by atoms with Gasteiger partial charge in [0, 0.05) is 11.1 Å². The highest BCUT2D eigenvalue weighted by Gasteiger charge is 2.22. The van der Waals surface area contributed by atoms with Crippen molar-refractivity contribution in [2.45, 2.75) is 25.7 Å². The topological polar surface area (TPSA) is 101 Å². The SMILES string of the molecule is Cc1ccc(-c2nnc(NC(=O)c3ccc(Cl)c(S(=O)(=O)Nc4cccc(C)c4C)c3)s2)cc1. The molecule has 0 unspecified atom stereocenters. The Balaban J connectivity index is 1.56. The van der Waals surface area contributed by atoms with E-state index in [4.69, 9.17) is 11.6 Å². The van der Waals surface area contributed by atoms with E-state index in [1.54, 1.807) is 12.1 Å². The Bertz CT molecular complexity index is 1480. The number of nitrogens with zero attached hydrogens (tertiary/aromatic N) is 2. The largest absolute Gasteiger partial charge is 0.296 e. The smallest absolute Gasteiger partial charge is 0.263 e. The molecule has 1 aromatic heterocycles. The zero-order chi connectivity index (χ0) is 24.5. The molecule has 4 rings (SSSR count). The summed E-state index contributed by atoms with van der Waals surface area (Å²) in [6.45, 7) is 5.71. The predicted molar refractivity (Wildman–Crippen MR) is 136 cm³/mol. The van der Waals surface area contributed by atoms with E-state index in [1.807, 2.05) is 51.1 Å². The van der Waals surface area contributed by atoms with Crippen molar-refractivity contribution in [1.82, 2.24) is 10.2 Å². The molecule has 2 N–H and O–H groups in total. The van der Waals surface area contributed by atoms with Gasteiger partial charge in [-0.25, -0.2) is 8.42 Å². The molecule has 10 heteroatoms. The van der Waals surface area contributed by atoms with E-state index in [-0.39, 0.29) is 15.5 Å². The van der Waals surface area contributed by atoms with Gasteiger partial charge in [-0.1, -0.05) is 64.9 Å². The normalized spacial score (nSPS) is 11.3. The summed E-state index contributed by atoms with van der Waals surface area (Å²) in [6.07, 6.45) is 0. The first-order chi connectivity index (χ1) is 16.1. The quantitative estimate of drug-likeness (QED) is 0.338. The number of carbonyl (C=O) groups is 1. The number of aryl methyl sites for hydroxylation is 2. The molecule has 1 amide bonds. The number of halogens is 1. The molecule has 0 atom stereocenters. The first-order valence-corrected chi connectivity index (χ1v) is 12.9. The lowest BCUT2D eigenvalue weighted by molar-refractivity contribution is 0.102. The molecule has 34 heavy (non-hydrogen) atoms. The minimum Gasteiger partial charge on any atom is -0.296 e. The summed E-state index contributed by atoms with van der Waals surface area (Å²) in [4.78, 5) is 12.6. The number of benzene rings is 3. The third-order valence-electron chi connectivity index (χ3n) is 5.28. The number of amides is 1. The molecule has 0 aliphatic carbocycles. The van der Waals surface area contributed by atoms with Gasteiger partial charge < -0.3 is 0 Å². The number of carbonyl (C=O) groups excluding carboxylic acids is 1. The third-order valence-corrected chi connectivity index (χ3v) is 8.01. The van der Waals surface area contributed by atoms with E-state index in [0.717, 1.165) is 22.3 Å². The first kappa shape index (κ1) is 23.9. The molecule has 3 aromatic carbocycles. The maximum Gasteiger partial charge on any atom is 0.263 e. The lowest BCUT2D eigenvalue weighted by Crippen LogP contribution is -2.17. The summed E-state index contributed by atoms with van der Waals surface area (Å²) >= 11 is 7.42. The minimum absolute atomic E-state index is 0.00642. The second-order valence-corrected chi connectivity index (χ2v) is 10.8. The molecule has 0 radical (unpaired) electrons. The van der Waals surface area contributed by atoms with Gasteiger partial charge in [-0.3, -0.25) is 14.8 Å². The highest BCUT2D eigenvalue weighted by atomic mass is 35.5. The summed E-state index contributed by atoms with van der Waals surface area (Å²) in [7, 11) is -4.03. The van der Waals surface area contributed by atoms with E-state index < -0.39 is 15.9 Å². The first-order valence-electron chi connectivity index (χ1n) is 10.2. The molecule has 4 aromatic rings. The van der Waals surface area contributed by atoms with Crippen LogP contribution < -0.4 is 10.0 Å². The van der Waals surface area contributed by atoms with E-state index in [0.29, 0.717) is 15.8 Å². The number of nitrogens with one attached hydrogen (secondary N) is 2. The molecule has 174 valence electrons. The van der Waals surface area contributed by atoms with Crippen LogP contribution in [0.5, 0.6) is 0 Å². The Morgan fingerprint density at radius 1 is 0.971 bits per heavy atom. The Kier molecular flexibility index (Phi) is 6.70. The molecule has 0 saturated heterocycles. The Morgan fingerprint density at radius 3 is 2.44 bits per heavy atom. The maximum atomic E-state index is 13.1. The number of rotatable bonds is 6. The molecule has 0 aliphatic heterocycles. The number of aromatic nitrogens is 2. The summed E-state index contributed by atoms with van der Waals surface area (Å²) in [5, 5.41) is 11.8. The number of hydrogen-bond donors (Lipinski definition) is 2. The van der Waals surface area contributed by atoms with Gasteiger partial charge >= 0.3 is 0 Å². The van der Waals surface area contributed by atoms with Gasteiger partial charge in [-0.05, 0) is 56.2 Å². The lowest BCUT2D eigenvalue weighted by atomic mass is 10.1. The summed E-state index contributed by atoms with van der Waals surface area (Å²) in [5.74, 6) is -0.522. The fraction of sp³-hybridized carbons (Fsp3) is 0.125. The van der Waals surface area contributed by atoms with E-state index in [9.17, 15) is 13.2 Å². The van der Waals surface area contributed by atoms with Crippen LogP contribution >= 0.6 is 22.9 Å². The van der Waals surface area contributed by atoms with E-state index in [1.165, 1.54) is 29.5 Å². The maximum absolute atomic E-state index is 13.1. The molecule has 0 spiro atoms. The standard InChI is InChI=1S/C24H21ClN4O3S2/c1-14-7-9-17(10-8-14)23-27-28-24(33-23)26-22(30)18-11-12-19(25)21(13-18)34(31,32)29-20-6-4-5-15(2)16(20)3/h4-13,29H,1-3H3,(H,26,28,30). The Labute approximate surface area is 206 Å². The molecule has 1 heterocycles. The second-order valence-electron chi connectivity index (χ2n) is 7.73. The van der Waals surface area contributed by atoms with Crippen LogP contribution in [0.2, 0.25) is 5.02 Å². The zero-order valence-corrected chi connectivity index (χ0v) is 21.0. The highest BCUT2D eigenvalue weighted by Crippen LogP contribution is 2.29. The van der Waals surface area contributed by atoms with Crippen molar-refractivity contribution in [3.63, 3.8) is 0 Å². The third kappa shape index (κ3) is 5.11. The van der Waals surface area contributed by atoms with Crippen LogP contribution in [0.4, 0.5) is 10.8 Å². The van der Waals surface area contributed by atoms with Crippen molar-refractivity contribution in [2.24, 2.45) is 0 Å². The van der Waals surface area contributed by atoms with Gasteiger partial charge in [0.05, 0.1) is 10.7 Å². The van der Waals surface area contributed by atoms with Crippen LogP contribution in [0.15, 0.2) is 65.6 Å². The van der Waals surface area contributed by atoms with Crippen molar-refractivity contribution >= 4 is 49.7 Å². The molecule has 7 nitrogen and oxygen atoms in total. The van der Waals surface area contributed by atoms with Gasteiger partial charge in [0.25, 0.3) is 15.9 Å². The van der Waals surface area contributed by atoms with Crippen LogP contribution in [-0.2, 0) is 10.0 Å². The molecular formula is C24H21ClN4O3S2. The molecule has 0 fully saturated rings. The van der Waals surface area contributed by atoms with Gasteiger partial charge in [0.15, 0.2) is 0 Å². The average molecular weight is 513 g/mol. The van der Waals surface area contributed by atoms with Gasteiger partial charge in [0.1, 0.15) is 9.90 Å². The predicted octanol–water partition coefficient (Wildman–Crippen LogP) is 5.84. The van der Waals surface area contributed by atoms with Gasteiger partial charge in [-0.2, -0.15) is 0 Å². The zero-order valence-electron chi connectivity index (χ0n) is 18.6. The summed E-state index contributed by atoms with van der Waals surface area (Å²) in [6, 6.07) is 17.2. The molecular weight excluding hydrogens is 492 g/mol. The minimum atomic E-state index is -4.03. The monoisotopic (exact) mass is 512 g/mol.